The van der Waals surface area contributed by atoms with E-state index >= 15 is 0 Å². The van der Waals surface area contributed by atoms with Gasteiger partial charge in [0, 0.05) is 10.4 Å². The summed E-state index contributed by atoms with van der Waals surface area (Å²) in [7, 11) is 0. The molecule has 0 amide bonds. The second kappa shape index (κ2) is 5.07. The smallest absolute Gasteiger partial charge is 0.358 e. The van der Waals surface area contributed by atoms with Gasteiger partial charge in [-0.2, -0.15) is 0 Å². The lowest BCUT2D eigenvalue weighted by Crippen LogP contribution is -2.21. The lowest BCUT2D eigenvalue weighted by molar-refractivity contribution is 0.0687. The first kappa shape index (κ1) is 14.8. The van der Waals surface area contributed by atoms with Crippen molar-refractivity contribution >= 4 is 29.2 Å². The summed E-state index contributed by atoms with van der Waals surface area (Å²) in [5.41, 5.74) is 0.485. The van der Waals surface area contributed by atoms with Crippen LogP contribution in [0, 0.1) is 0 Å². The van der Waals surface area contributed by atoms with E-state index < -0.39 is 11.4 Å². The molecule has 1 N–H and O–H groups in total. The van der Waals surface area contributed by atoms with Gasteiger partial charge in [0.15, 0.2) is 5.69 Å². The average molecular weight is 314 g/mol. The van der Waals surface area contributed by atoms with Crippen LogP contribution in [0.4, 0.5) is 0 Å². The van der Waals surface area contributed by atoms with Gasteiger partial charge in [0.05, 0.1) is 16.4 Å². The van der Waals surface area contributed by atoms with Crippen molar-refractivity contribution in [1.29, 1.82) is 0 Å². The number of hydrogen-bond acceptors (Lipinski definition) is 3. The number of benzene rings is 1. The Bertz CT molecular complexity index is 675. The first-order valence-corrected chi connectivity index (χ1v) is 6.62. The highest BCUT2D eigenvalue weighted by Crippen LogP contribution is 2.30. The summed E-state index contributed by atoms with van der Waals surface area (Å²) < 4.78 is 1.45. The van der Waals surface area contributed by atoms with Crippen molar-refractivity contribution in [2.24, 2.45) is 0 Å². The molecule has 0 saturated carbocycles. The lowest BCUT2D eigenvalue weighted by atomic mass is 9.90. The van der Waals surface area contributed by atoms with E-state index in [-0.39, 0.29) is 5.69 Å². The Balaban J connectivity index is 2.72. The lowest BCUT2D eigenvalue weighted by Gasteiger charge is -2.20. The number of carboxylic acids is 1. The van der Waals surface area contributed by atoms with Gasteiger partial charge in [-0.15, -0.1) is 5.10 Å². The van der Waals surface area contributed by atoms with Crippen molar-refractivity contribution in [1.82, 2.24) is 15.0 Å². The van der Waals surface area contributed by atoms with Crippen LogP contribution >= 0.6 is 23.2 Å². The van der Waals surface area contributed by atoms with Crippen molar-refractivity contribution in [3.63, 3.8) is 0 Å². The summed E-state index contributed by atoms with van der Waals surface area (Å²) in [6.45, 7) is 5.66. The fourth-order valence-electron chi connectivity index (χ4n) is 1.92. The molecule has 0 aliphatic heterocycles. The van der Waals surface area contributed by atoms with Crippen LogP contribution in [0.25, 0.3) is 5.69 Å². The summed E-state index contributed by atoms with van der Waals surface area (Å²) >= 11 is 12.0. The second-order valence-electron chi connectivity index (χ2n) is 5.35. The molecule has 5 nitrogen and oxygen atoms in total. The molecule has 0 atom stereocenters. The first-order valence-electron chi connectivity index (χ1n) is 5.86. The van der Waals surface area contributed by atoms with Crippen LogP contribution in [0.5, 0.6) is 0 Å². The van der Waals surface area contributed by atoms with Crippen molar-refractivity contribution in [2.75, 3.05) is 0 Å². The third-order valence-corrected chi connectivity index (χ3v) is 3.26. The Kier molecular flexibility index (Phi) is 3.75. The molecule has 0 fully saturated rings. The molecule has 0 spiro atoms. The Hall–Kier alpha value is -1.59. The van der Waals surface area contributed by atoms with Gasteiger partial charge in [0.2, 0.25) is 0 Å². The molecule has 7 heteroatoms. The monoisotopic (exact) mass is 313 g/mol. The first-order chi connectivity index (χ1) is 9.21. The molecule has 0 saturated heterocycles. The topological polar surface area (TPSA) is 68.0 Å². The Morgan fingerprint density at radius 1 is 1.30 bits per heavy atom. The van der Waals surface area contributed by atoms with E-state index in [2.05, 4.69) is 10.3 Å². The van der Waals surface area contributed by atoms with Crippen LogP contribution in [0.3, 0.4) is 0 Å². The predicted octanol–water partition coefficient (Wildman–Crippen LogP) is 3.57. The number of halogens is 2. The van der Waals surface area contributed by atoms with E-state index in [1.165, 1.54) is 4.68 Å². The van der Waals surface area contributed by atoms with E-state index in [0.717, 1.165) is 0 Å². The van der Waals surface area contributed by atoms with E-state index in [0.29, 0.717) is 21.4 Å². The molecule has 1 heterocycles. The zero-order valence-electron chi connectivity index (χ0n) is 11.2. The molecular formula is C13H13Cl2N3O2. The minimum Gasteiger partial charge on any atom is -0.476 e. The molecule has 0 unspecified atom stereocenters. The number of carboxylic acid groups (broad SMARTS) is 1. The Morgan fingerprint density at radius 3 is 2.45 bits per heavy atom. The van der Waals surface area contributed by atoms with Crippen molar-refractivity contribution in [3.8, 4) is 5.69 Å². The van der Waals surface area contributed by atoms with Gasteiger partial charge in [-0.1, -0.05) is 49.2 Å². The number of aromatic carboxylic acids is 1. The zero-order valence-corrected chi connectivity index (χ0v) is 12.7. The summed E-state index contributed by atoms with van der Waals surface area (Å²) in [6, 6.07) is 4.92. The zero-order chi connectivity index (χ0) is 15.1. The van der Waals surface area contributed by atoms with E-state index in [1.54, 1.807) is 18.2 Å². The average Bonchev–Trinajstić information content (AvgIpc) is 2.73. The number of rotatable bonds is 2. The molecule has 2 aromatic rings. The van der Waals surface area contributed by atoms with Crippen LogP contribution in [0.2, 0.25) is 10.0 Å². The third kappa shape index (κ3) is 2.64. The van der Waals surface area contributed by atoms with Gasteiger partial charge in [0.25, 0.3) is 0 Å². The van der Waals surface area contributed by atoms with Crippen molar-refractivity contribution < 1.29 is 9.90 Å². The standard InChI is InChI=1S/C13H13Cl2N3O2/c1-13(2,3)11-10(12(19)20)16-17-18(11)9-5-4-7(14)6-8(9)15/h4-6H,1-3H3,(H,19,20). The molecular weight excluding hydrogens is 301 g/mol. The highest BCUT2D eigenvalue weighted by molar-refractivity contribution is 6.35. The summed E-state index contributed by atoms with van der Waals surface area (Å²) in [4.78, 5) is 11.3. The van der Waals surface area contributed by atoms with Gasteiger partial charge in [0.1, 0.15) is 0 Å². The number of aromatic nitrogens is 3. The van der Waals surface area contributed by atoms with Gasteiger partial charge >= 0.3 is 5.97 Å². The minimum atomic E-state index is -1.12. The maximum Gasteiger partial charge on any atom is 0.358 e. The maximum atomic E-state index is 11.3. The molecule has 1 aromatic heterocycles. The molecule has 0 radical (unpaired) electrons. The quantitative estimate of drug-likeness (QED) is 0.920. The highest BCUT2D eigenvalue weighted by atomic mass is 35.5. The second-order valence-corrected chi connectivity index (χ2v) is 6.19. The largest absolute Gasteiger partial charge is 0.476 e. The fourth-order valence-corrected chi connectivity index (χ4v) is 2.41. The highest BCUT2D eigenvalue weighted by Gasteiger charge is 2.30. The third-order valence-electron chi connectivity index (χ3n) is 2.72. The Morgan fingerprint density at radius 2 is 1.95 bits per heavy atom. The molecule has 2 rings (SSSR count). The van der Waals surface area contributed by atoms with Crippen molar-refractivity contribution in [2.45, 2.75) is 26.2 Å². The van der Waals surface area contributed by atoms with Crippen molar-refractivity contribution in [3.05, 3.63) is 39.6 Å². The summed E-state index contributed by atoms with van der Waals surface area (Å²) in [5, 5.41) is 17.8. The van der Waals surface area contributed by atoms with Crippen LogP contribution in [0.1, 0.15) is 37.0 Å². The minimum absolute atomic E-state index is 0.0801. The van der Waals surface area contributed by atoms with E-state index in [9.17, 15) is 9.90 Å². The van der Waals surface area contributed by atoms with Gasteiger partial charge in [-0.25, -0.2) is 9.48 Å². The molecule has 0 aliphatic carbocycles. The maximum absolute atomic E-state index is 11.3. The number of carbonyl (C=O) groups is 1. The summed E-state index contributed by atoms with van der Waals surface area (Å²) in [5.74, 6) is -1.12. The van der Waals surface area contributed by atoms with E-state index in [4.69, 9.17) is 23.2 Å². The summed E-state index contributed by atoms with van der Waals surface area (Å²) in [6.07, 6.45) is 0. The molecule has 1 aromatic carbocycles. The Labute approximate surface area is 126 Å². The van der Waals surface area contributed by atoms with Crippen LogP contribution < -0.4 is 0 Å². The van der Waals surface area contributed by atoms with Crippen LogP contribution in [0.15, 0.2) is 18.2 Å². The number of hydrogen-bond donors (Lipinski definition) is 1. The van der Waals surface area contributed by atoms with Gasteiger partial charge < -0.3 is 5.11 Å². The van der Waals surface area contributed by atoms with Crippen LogP contribution in [-0.2, 0) is 5.41 Å². The molecule has 20 heavy (non-hydrogen) atoms. The predicted molar refractivity (Wildman–Crippen MR) is 77.0 cm³/mol. The van der Waals surface area contributed by atoms with Gasteiger partial charge in [-0.3, -0.25) is 0 Å². The normalized spacial score (nSPS) is 11.7. The SMILES string of the molecule is CC(C)(C)c1c(C(=O)O)nnn1-c1ccc(Cl)cc1Cl. The molecule has 0 aliphatic rings. The number of nitrogens with zero attached hydrogens (tertiary/aromatic N) is 3. The fraction of sp³-hybridized carbons (Fsp3) is 0.308. The van der Waals surface area contributed by atoms with Gasteiger partial charge in [-0.05, 0) is 18.2 Å². The molecule has 106 valence electrons. The molecule has 0 bridgehead atoms. The van der Waals surface area contributed by atoms with E-state index in [1.807, 2.05) is 20.8 Å². The van der Waals surface area contributed by atoms with Crippen LogP contribution in [-0.4, -0.2) is 26.1 Å².